The second-order valence-corrected chi connectivity index (χ2v) is 9.68. The summed E-state index contributed by atoms with van der Waals surface area (Å²) in [7, 11) is 0. The van der Waals surface area contributed by atoms with Gasteiger partial charge in [0.05, 0.1) is 25.7 Å². The maximum absolute atomic E-state index is 11.6. The van der Waals surface area contributed by atoms with Crippen molar-refractivity contribution in [2.24, 2.45) is 4.99 Å². The average Bonchev–Trinajstić information content (AvgIpc) is 3.15. The summed E-state index contributed by atoms with van der Waals surface area (Å²) in [5, 5.41) is 12.3. The Morgan fingerprint density at radius 2 is 2.10 bits per heavy atom. The van der Waals surface area contributed by atoms with Gasteiger partial charge in [0.2, 0.25) is 0 Å². The fourth-order valence-corrected chi connectivity index (χ4v) is 5.53. The van der Waals surface area contributed by atoms with Gasteiger partial charge in [-0.05, 0) is 47.7 Å². The van der Waals surface area contributed by atoms with E-state index in [0.717, 1.165) is 26.0 Å². The van der Waals surface area contributed by atoms with Crippen LogP contribution in [0.2, 0.25) is 0 Å². The van der Waals surface area contributed by atoms with Gasteiger partial charge in [0.15, 0.2) is 4.34 Å². The number of hydrogen-bond acceptors (Lipinski definition) is 8. The summed E-state index contributed by atoms with van der Waals surface area (Å²) >= 11 is 4.64. The highest BCUT2D eigenvalue weighted by Crippen LogP contribution is 2.34. The summed E-state index contributed by atoms with van der Waals surface area (Å²) in [6.07, 6.45) is 3.31. The number of thiazole rings is 1. The normalized spacial score (nSPS) is 11.4. The summed E-state index contributed by atoms with van der Waals surface area (Å²) in [5.74, 6) is 0.984. The molecule has 0 aliphatic heterocycles. The molecule has 2 aromatic heterocycles. The standard InChI is InChI=1S/C21H16N4O2S3/c1-2-28-21-24-16-8-7-15(12-19(16)30-21)23-13-14-6-9-18(17(11-14)25(26)27)29-20-5-3-4-10-22-20/h3-13H,2H2,1H3. The van der Waals surface area contributed by atoms with Crippen molar-refractivity contribution in [1.29, 1.82) is 0 Å². The predicted molar refractivity (Wildman–Crippen MR) is 125 cm³/mol. The summed E-state index contributed by atoms with van der Waals surface area (Å²) in [6, 6.07) is 16.4. The van der Waals surface area contributed by atoms with E-state index in [2.05, 4.69) is 21.9 Å². The molecule has 0 unspecified atom stereocenters. The van der Waals surface area contributed by atoms with Gasteiger partial charge in [0.25, 0.3) is 5.69 Å². The molecule has 0 spiro atoms. The monoisotopic (exact) mass is 452 g/mol. The maximum Gasteiger partial charge on any atom is 0.283 e. The number of aliphatic imine (C=N–C) groups is 1. The van der Waals surface area contributed by atoms with Crippen LogP contribution in [0.15, 0.2) is 80.0 Å². The molecule has 150 valence electrons. The molecule has 6 nitrogen and oxygen atoms in total. The molecular weight excluding hydrogens is 436 g/mol. The molecule has 0 aliphatic carbocycles. The van der Waals surface area contributed by atoms with Crippen LogP contribution in [0.4, 0.5) is 11.4 Å². The third-order valence-electron chi connectivity index (χ3n) is 4.01. The van der Waals surface area contributed by atoms with E-state index < -0.39 is 0 Å². The van der Waals surface area contributed by atoms with E-state index in [1.807, 2.05) is 42.5 Å². The smallest absolute Gasteiger partial charge is 0.258 e. The van der Waals surface area contributed by atoms with Crippen molar-refractivity contribution >= 4 is 62.7 Å². The fraction of sp³-hybridized carbons (Fsp3) is 0.0952. The summed E-state index contributed by atoms with van der Waals surface area (Å²) < 4.78 is 2.12. The van der Waals surface area contributed by atoms with Gasteiger partial charge in [-0.1, -0.05) is 42.6 Å². The lowest BCUT2D eigenvalue weighted by Gasteiger charge is -2.03. The number of rotatable bonds is 7. The number of aromatic nitrogens is 2. The van der Waals surface area contributed by atoms with Crippen molar-refractivity contribution < 1.29 is 4.92 Å². The van der Waals surface area contributed by atoms with E-state index >= 15 is 0 Å². The molecule has 4 rings (SSSR count). The average molecular weight is 453 g/mol. The number of nitrogens with zero attached hydrogens (tertiary/aromatic N) is 4. The van der Waals surface area contributed by atoms with E-state index in [9.17, 15) is 10.1 Å². The fourth-order valence-electron chi connectivity index (χ4n) is 2.67. The highest BCUT2D eigenvalue weighted by Gasteiger charge is 2.16. The van der Waals surface area contributed by atoms with Crippen molar-refractivity contribution in [2.75, 3.05) is 5.75 Å². The Morgan fingerprint density at radius 1 is 1.20 bits per heavy atom. The van der Waals surface area contributed by atoms with Crippen molar-refractivity contribution in [3.63, 3.8) is 0 Å². The zero-order valence-corrected chi connectivity index (χ0v) is 18.3. The Bertz CT molecular complexity index is 1230. The molecule has 2 aromatic carbocycles. The highest BCUT2D eigenvalue weighted by atomic mass is 32.2. The number of fused-ring (bicyclic) bond motifs is 1. The molecular formula is C21H16N4O2S3. The lowest BCUT2D eigenvalue weighted by molar-refractivity contribution is -0.387. The van der Waals surface area contributed by atoms with Gasteiger partial charge in [0, 0.05) is 18.5 Å². The summed E-state index contributed by atoms with van der Waals surface area (Å²) in [6.45, 7) is 2.10. The molecule has 0 N–H and O–H groups in total. The SMILES string of the molecule is CCSc1nc2ccc(N=Cc3ccc(Sc4ccccn4)c([N+](=O)[O-])c3)cc2s1. The highest BCUT2D eigenvalue weighted by molar-refractivity contribution is 8.01. The molecule has 0 aliphatic rings. The molecule has 9 heteroatoms. The number of pyridine rings is 1. The van der Waals surface area contributed by atoms with E-state index in [0.29, 0.717) is 15.5 Å². The topological polar surface area (TPSA) is 81.3 Å². The molecule has 0 radical (unpaired) electrons. The van der Waals surface area contributed by atoms with Crippen LogP contribution in [0.5, 0.6) is 0 Å². The van der Waals surface area contributed by atoms with Crippen LogP contribution >= 0.6 is 34.9 Å². The van der Waals surface area contributed by atoms with Crippen LogP contribution in [0.3, 0.4) is 0 Å². The second-order valence-electron chi connectivity index (χ2n) is 6.08. The van der Waals surface area contributed by atoms with Gasteiger partial charge in [-0.2, -0.15) is 0 Å². The molecule has 30 heavy (non-hydrogen) atoms. The Labute approximate surface area is 185 Å². The minimum absolute atomic E-state index is 0.0359. The lowest BCUT2D eigenvalue weighted by atomic mass is 10.2. The quantitative estimate of drug-likeness (QED) is 0.136. The lowest BCUT2D eigenvalue weighted by Crippen LogP contribution is -1.93. The molecule has 2 heterocycles. The van der Waals surface area contributed by atoms with Gasteiger partial charge < -0.3 is 0 Å². The van der Waals surface area contributed by atoms with Crippen LogP contribution in [0, 0.1) is 10.1 Å². The van der Waals surface area contributed by atoms with Crippen molar-refractivity contribution in [3.05, 3.63) is 76.5 Å². The summed E-state index contributed by atoms with van der Waals surface area (Å²) in [5.41, 5.74) is 2.45. The van der Waals surface area contributed by atoms with Crippen LogP contribution in [0.25, 0.3) is 10.2 Å². The Morgan fingerprint density at radius 3 is 2.87 bits per heavy atom. The first-order valence-electron chi connectivity index (χ1n) is 9.07. The van der Waals surface area contributed by atoms with Crippen LogP contribution in [0.1, 0.15) is 12.5 Å². The second kappa shape index (κ2) is 9.38. The van der Waals surface area contributed by atoms with E-state index in [1.165, 1.54) is 17.8 Å². The van der Waals surface area contributed by atoms with E-state index in [1.54, 1.807) is 41.6 Å². The zero-order chi connectivity index (χ0) is 20.9. The van der Waals surface area contributed by atoms with Crippen molar-refractivity contribution in [2.45, 2.75) is 21.2 Å². The molecule has 0 atom stereocenters. The van der Waals surface area contributed by atoms with Crippen LogP contribution in [-0.2, 0) is 0 Å². The molecule has 0 saturated heterocycles. The molecule has 4 aromatic rings. The number of benzene rings is 2. The van der Waals surface area contributed by atoms with E-state index in [-0.39, 0.29) is 10.6 Å². The van der Waals surface area contributed by atoms with Gasteiger partial charge in [-0.3, -0.25) is 15.1 Å². The molecule has 0 bridgehead atoms. The first-order valence-corrected chi connectivity index (χ1v) is 11.7. The van der Waals surface area contributed by atoms with Gasteiger partial charge in [-0.15, -0.1) is 11.3 Å². The number of nitro benzene ring substituents is 1. The third kappa shape index (κ3) is 4.86. The van der Waals surface area contributed by atoms with Gasteiger partial charge >= 0.3 is 0 Å². The minimum atomic E-state index is -0.376. The van der Waals surface area contributed by atoms with Gasteiger partial charge in [0.1, 0.15) is 5.03 Å². The minimum Gasteiger partial charge on any atom is -0.258 e. The maximum atomic E-state index is 11.6. The first-order chi connectivity index (χ1) is 14.6. The number of hydrogen-bond donors (Lipinski definition) is 0. The zero-order valence-electron chi connectivity index (χ0n) is 15.9. The van der Waals surface area contributed by atoms with Gasteiger partial charge in [-0.25, -0.2) is 9.97 Å². The van der Waals surface area contributed by atoms with Crippen LogP contribution < -0.4 is 0 Å². The Kier molecular flexibility index (Phi) is 6.41. The largest absolute Gasteiger partial charge is 0.283 e. The third-order valence-corrected chi connectivity index (χ3v) is 7.07. The number of thioether (sulfide) groups is 1. The van der Waals surface area contributed by atoms with Crippen molar-refractivity contribution in [3.8, 4) is 0 Å². The molecule has 0 saturated carbocycles. The Hall–Kier alpha value is -2.75. The predicted octanol–water partition coefficient (Wildman–Crippen LogP) is 6.61. The van der Waals surface area contributed by atoms with E-state index in [4.69, 9.17) is 0 Å². The van der Waals surface area contributed by atoms with Crippen molar-refractivity contribution in [1.82, 2.24) is 9.97 Å². The Balaban J connectivity index is 1.58. The molecule has 0 amide bonds. The number of nitro groups is 1. The summed E-state index contributed by atoms with van der Waals surface area (Å²) in [4.78, 5) is 25.0. The first kappa shape index (κ1) is 20.5. The van der Waals surface area contributed by atoms with Crippen LogP contribution in [-0.4, -0.2) is 26.9 Å². The molecule has 0 fully saturated rings.